The van der Waals surface area contributed by atoms with Crippen LogP contribution in [0.25, 0.3) is 0 Å². The number of aryl methyl sites for hydroxylation is 1. The lowest BCUT2D eigenvalue weighted by molar-refractivity contribution is 0.110. The first-order valence-corrected chi connectivity index (χ1v) is 7.07. The van der Waals surface area contributed by atoms with E-state index in [2.05, 4.69) is 0 Å². The van der Waals surface area contributed by atoms with Crippen molar-refractivity contribution in [3.05, 3.63) is 23.8 Å². The van der Waals surface area contributed by atoms with Gasteiger partial charge in [0.2, 0.25) is 0 Å². The number of morpholine rings is 1. The van der Waals surface area contributed by atoms with Crippen LogP contribution in [0.3, 0.4) is 0 Å². The van der Waals surface area contributed by atoms with Gasteiger partial charge in [-0.25, -0.2) is 0 Å². The molecule has 0 aromatic heterocycles. The van der Waals surface area contributed by atoms with Gasteiger partial charge < -0.3 is 15.4 Å². The molecule has 7 heteroatoms. The lowest BCUT2D eigenvalue weighted by Gasteiger charge is -2.36. The number of hydrogen-bond acceptors (Lipinski definition) is 5. The number of anilines is 2. The van der Waals surface area contributed by atoms with Crippen LogP contribution < -0.4 is 10.6 Å². The van der Waals surface area contributed by atoms with Crippen LogP contribution in [0, 0.1) is 6.92 Å². The smallest absolute Gasteiger partial charge is 0.288 e. The molecule has 1 saturated heterocycles. The van der Waals surface area contributed by atoms with Crippen molar-refractivity contribution in [2.45, 2.75) is 12.3 Å². The van der Waals surface area contributed by atoms with E-state index in [0.717, 1.165) is 11.3 Å². The highest BCUT2D eigenvalue weighted by Crippen LogP contribution is 2.27. The Kier molecular flexibility index (Phi) is 3.47. The number of nitrogen functional groups attached to an aromatic ring is 1. The molecule has 0 spiro atoms. The lowest BCUT2D eigenvalue weighted by Crippen LogP contribution is -2.50. The second-order valence-corrected chi connectivity index (χ2v) is 5.86. The summed E-state index contributed by atoms with van der Waals surface area (Å²) in [6.07, 6.45) is 0. The highest BCUT2D eigenvalue weighted by Gasteiger charge is 2.33. The summed E-state index contributed by atoms with van der Waals surface area (Å²) in [6.45, 7) is 2.65. The van der Waals surface area contributed by atoms with Crippen molar-refractivity contribution in [1.82, 2.24) is 0 Å². The van der Waals surface area contributed by atoms with E-state index in [1.807, 2.05) is 6.92 Å². The number of nitrogens with zero attached hydrogens (tertiary/aromatic N) is 1. The maximum Gasteiger partial charge on any atom is 0.288 e. The van der Waals surface area contributed by atoms with Gasteiger partial charge in [-0.1, -0.05) is 0 Å². The Labute approximate surface area is 106 Å². The Balaban J connectivity index is 2.40. The summed E-state index contributed by atoms with van der Waals surface area (Å²) in [4.78, 5) is 1.63. The molecule has 1 aromatic rings. The van der Waals surface area contributed by atoms with E-state index in [4.69, 9.17) is 10.5 Å². The number of benzene rings is 1. The molecule has 1 atom stereocenters. The van der Waals surface area contributed by atoms with Crippen molar-refractivity contribution in [1.29, 1.82) is 0 Å². The molecule has 100 valence electrons. The Hall–Kier alpha value is -1.31. The van der Waals surface area contributed by atoms with Crippen LogP contribution in [0.15, 0.2) is 18.2 Å². The summed E-state index contributed by atoms with van der Waals surface area (Å²) in [5.74, 6) is 0. The zero-order valence-electron chi connectivity index (χ0n) is 10.0. The quantitative estimate of drug-likeness (QED) is 0.606. The maximum atomic E-state index is 11.4. The molecule has 2 rings (SSSR count). The average molecular weight is 272 g/mol. The highest BCUT2D eigenvalue weighted by molar-refractivity contribution is 7.86. The Bertz CT molecular complexity index is 544. The molecule has 0 saturated carbocycles. The van der Waals surface area contributed by atoms with Gasteiger partial charge in [0.25, 0.3) is 10.1 Å². The van der Waals surface area contributed by atoms with Gasteiger partial charge >= 0.3 is 0 Å². The van der Waals surface area contributed by atoms with Crippen LogP contribution in [0.2, 0.25) is 0 Å². The minimum absolute atomic E-state index is 0.0390. The van der Waals surface area contributed by atoms with Crippen molar-refractivity contribution >= 4 is 21.5 Å². The third-order valence-electron chi connectivity index (χ3n) is 2.96. The molecule has 1 aromatic carbocycles. The monoisotopic (exact) mass is 272 g/mol. The van der Waals surface area contributed by atoms with Gasteiger partial charge in [0.1, 0.15) is 0 Å². The van der Waals surface area contributed by atoms with E-state index >= 15 is 0 Å². The first kappa shape index (κ1) is 13.1. The van der Waals surface area contributed by atoms with Crippen LogP contribution in [-0.4, -0.2) is 38.1 Å². The zero-order valence-corrected chi connectivity index (χ0v) is 10.9. The molecule has 0 amide bonds. The minimum Gasteiger partial charge on any atom is -0.399 e. The molecule has 0 aliphatic carbocycles. The van der Waals surface area contributed by atoms with Crippen molar-refractivity contribution < 1.29 is 17.7 Å². The van der Waals surface area contributed by atoms with E-state index in [9.17, 15) is 13.0 Å². The first-order chi connectivity index (χ1) is 8.39. The van der Waals surface area contributed by atoms with Crippen LogP contribution in [-0.2, 0) is 14.9 Å². The Morgan fingerprint density at radius 1 is 1.50 bits per heavy atom. The van der Waals surface area contributed by atoms with Crippen molar-refractivity contribution in [3.8, 4) is 0 Å². The Morgan fingerprint density at radius 3 is 2.83 bits per heavy atom. The fourth-order valence-electron chi connectivity index (χ4n) is 2.10. The molecule has 1 heterocycles. The molecule has 1 unspecified atom stereocenters. The van der Waals surface area contributed by atoms with E-state index in [0.29, 0.717) is 18.8 Å². The summed E-state index contributed by atoms with van der Waals surface area (Å²) < 4.78 is 37.1. The summed E-state index contributed by atoms with van der Waals surface area (Å²) in [5.41, 5.74) is 7.90. The second kappa shape index (κ2) is 4.75. The minimum atomic E-state index is -4.18. The molecular formula is C11H16N2O4S. The van der Waals surface area contributed by atoms with Crippen LogP contribution in [0.1, 0.15) is 5.56 Å². The second-order valence-electron chi connectivity index (χ2n) is 4.28. The van der Waals surface area contributed by atoms with Crippen LogP contribution in [0.5, 0.6) is 0 Å². The van der Waals surface area contributed by atoms with Gasteiger partial charge in [-0.2, -0.15) is 8.42 Å². The number of ether oxygens (including phenoxy) is 1. The van der Waals surface area contributed by atoms with Gasteiger partial charge in [-0.05, 0) is 30.7 Å². The number of rotatable bonds is 2. The summed E-state index contributed by atoms with van der Waals surface area (Å²) in [5, 5.41) is -1.06. The number of hydrogen-bond donors (Lipinski definition) is 2. The standard InChI is InChI=1S/C11H16N2O4S/c1-8-6-9(12)2-3-10(8)13-4-5-17-7-11(13)18(14,15)16/h2-3,6,11H,4-5,7,12H2,1H3,(H,14,15,16). The van der Waals surface area contributed by atoms with E-state index in [-0.39, 0.29) is 6.61 Å². The van der Waals surface area contributed by atoms with Crippen LogP contribution >= 0.6 is 0 Å². The molecular weight excluding hydrogens is 256 g/mol. The highest BCUT2D eigenvalue weighted by atomic mass is 32.2. The van der Waals surface area contributed by atoms with Crippen molar-refractivity contribution in [3.63, 3.8) is 0 Å². The van der Waals surface area contributed by atoms with Gasteiger partial charge in [0.05, 0.1) is 13.2 Å². The number of nitrogens with two attached hydrogens (primary N) is 1. The topological polar surface area (TPSA) is 92.9 Å². The van der Waals surface area contributed by atoms with E-state index in [1.54, 1.807) is 23.1 Å². The lowest BCUT2D eigenvalue weighted by atomic mass is 10.1. The van der Waals surface area contributed by atoms with Gasteiger partial charge in [0.15, 0.2) is 5.37 Å². The molecule has 18 heavy (non-hydrogen) atoms. The van der Waals surface area contributed by atoms with Crippen LogP contribution in [0.4, 0.5) is 11.4 Å². The van der Waals surface area contributed by atoms with Gasteiger partial charge in [-0.3, -0.25) is 4.55 Å². The summed E-state index contributed by atoms with van der Waals surface area (Å²) in [6, 6.07) is 5.23. The predicted molar refractivity (Wildman–Crippen MR) is 69.1 cm³/mol. The molecule has 1 aliphatic rings. The van der Waals surface area contributed by atoms with E-state index in [1.165, 1.54) is 0 Å². The summed E-state index contributed by atoms with van der Waals surface area (Å²) in [7, 11) is -4.18. The van der Waals surface area contributed by atoms with Crippen molar-refractivity contribution in [2.24, 2.45) is 0 Å². The fourth-order valence-corrected chi connectivity index (χ4v) is 2.91. The largest absolute Gasteiger partial charge is 0.399 e. The molecule has 0 radical (unpaired) electrons. The maximum absolute atomic E-state index is 11.4. The third-order valence-corrected chi connectivity index (χ3v) is 4.04. The zero-order chi connectivity index (χ0) is 13.3. The predicted octanol–water partition coefficient (Wildman–Crippen LogP) is 0.628. The normalized spacial score (nSPS) is 21.0. The van der Waals surface area contributed by atoms with Crippen molar-refractivity contribution in [2.75, 3.05) is 30.4 Å². The third kappa shape index (κ3) is 2.58. The SMILES string of the molecule is Cc1cc(N)ccc1N1CCOCC1S(=O)(=O)O. The van der Waals surface area contributed by atoms with Gasteiger partial charge in [-0.15, -0.1) is 0 Å². The van der Waals surface area contributed by atoms with E-state index < -0.39 is 15.5 Å². The molecule has 1 aliphatic heterocycles. The first-order valence-electron chi connectivity index (χ1n) is 5.56. The Morgan fingerprint density at radius 2 is 2.22 bits per heavy atom. The van der Waals surface area contributed by atoms with Gasteiger partial charge in [0, 0.05) is 17.9 Å². The molecule has 1 fully saturated rings. The fraction of sp³-hybridized carbons (Fsp3) is 0.455. The molecule has 3 N–H and O–H groups in total. The molecule has 0 bridgehead atoms. The summed E-state index contributed by atoms with van der Waals surface area (Å²) >= 11 is 0. The average Bonchev–Trinajstić information content (AvgIpc) is 2.28. The molecule has 6 nitrogen and oxygen atoms in total.